The minimum absolute atomic E-state index is 0.0957. The number of rotatable bonds is 7. The molecule has 0 aliphatic carbocycles. The minimum atomic E-state index is -0.495. The number of aromatic hydroxyl groups is 1. The molecule has 0 aliphatic heterocycles. The first-order valence-corrected chi connectivity index (χ1v) is 6.95. The maximum absolute atomic E-state index is 12.1. The zero-order valence-electron chi connectivity index (χ0n) is 12.3. The van der Waals surface area contributed by atoms with Gasteiger partial charge in [0, 0.05) is 0 Å². The van der Waals surface area contributed by atoms with Crippen molar-refractivity contribution in [2.45, 2.75) is 12.8 Å². The number of nitrogens with zero attached hydrogens (tertiary/aromatic N) is 1. The van der Waals surface area contributed by atoms with Crippen LogP contribution in [0.1, 0.15) is 22.3 Å². The summed E-state index contributed by atoms with van der Waals surface area (Å²) in [5, 5.41) is 25.7. The highest BCUT2D eigenvalue weighted by molar-refractivity contribution is 5.91. The third kappa shape index (κ3) is 5.68. The van der Waals surface area contributed by atoms with E-state index in [2.05, 4.69) is 4.84 Å². The van der Waals surface area contributed by atoms with Gasteiger partial charge in [0.25, 0.3) is 0 Å². The maximum atomic E-state index is 12.1. The predicted octanol–water partition coefficient (Wildman–Crippen LogP) is 2.56. The Morgan fingerprint density at radius 3 is 2.52 bits per heavy atom. The summed E-state index contributed by atoms with van der Waals surface area (Å²) < 4.78 is 5.22. The van der Waals surface area contributed by atoms with Gasteiger partial charge in [0.2, 0.25) is 0 Å². The Hall–Kier alpha value is -2.45. The molecule has 0 aliphatic rings. The summed E-state index contributed by atoms with van der Waals surface area (Å²) >= 11 is 0. The molecule has 0 radical (unpaired) electrons. The SMILES string of the molecule is O=C(Oc1ccc(O)cc1)c1cccc(CCCON(O)O)c1. The van der Waals surface area contributed by atoms with Gasteiger partial charge in [-0.15, -0.1) is 0 Å². The molecule has 0 atom stereocenters. The fraction of sp³-hybridized carbons (Fsp3) is 0.188. The molecule has 0 saturated carbocycles. The van der Waals surface area contributed by atoms with Gasteiger partial charge >= 0.3 is 5.97 Å². The van der Waals surface area contributed by atoms with Gasteiger partial charge in [-0.2, -0.15) is 0 Å². The van der Waals surface area contributed by atoms with Gasteiger partial charge in [-0.1, -0.05) is 12.1 Å². The van der Waals surface area contributed by atoms with E-state index in [1.165, 1.54) is 24.3 Å². The first-order valence-electron chi connectivity index (χ1n) is 6.95. The van der Waals surface area contributed by atoms with Crippen molar-refractivity contribution in [1.29, 1.82) is 0 Å². The number of phenols is 1. The molecular weight excluding hydrogens is 302 g/mol. The minimum Gasteiger partial charge on any atom is -0.508 e. The van der Waals surface area contributed by atoms with Crippen LogP contribution in [0.3, 0.4) is 0 Å². The number of esters is 1. The van der Waals surface area contributed by atoms with E-state index in [9.17, 15) is 9.90 Å². The summed E-state index contributed by atoms with van der Waals surface area (Å²) in [6.07, 6.45) is 1.16. The van der Waals surface area contributed by atoms with Gasteiger partial charge in [-0.05, 0) is 54.8 Å². The highest BCUT2D eigenvalue weighted by atomic mass is 17.1. The number of hydrogen-bond donors (Lipinski definition) is 3. The summed E-state index contributed by atoms with van der Waals surface area (Å²) in [6, 6.07) is 12.8. The van der Waals surface area contributed by atoms with Gasteiger partial charge in [0.15, 0.2) is 0 Å². The molecule has 3 N–H and O–H groups in total. The Morgan fingerprint density at radius 1 is 1.09 bits per heavy atom. The van der Waals surface area contributed by atoms with Crippen LogP contribution in [0, 0.1) is 0 Å². The van der Waals surface area contributed by atoms with Crippen LogP contribution in [0.4, 0.5) is 0 Å². The molecule has 0 fully saturated rings. The number of ether oxygens (including phenoxy) is 1. The summed E-state index contributed by atoms with van der Waals surface area (Å²) in [5.74, 6) is -0.0541. The van der Waals surface area contributed by atoms with Gasteiger partial charge in [0.05, 0.1) is 17.6 Å². The van der Waals surface area contributed by atoms with Crippen molar-refractivity contribution in [2.24, 2.45) is 0 Å². The molecule has 0 aromatic heterocycles. The normalized spacial score (nSPS) is 10.7. The van der Waals surface area contributed by atoms with E-state index in [4.69, 9.17) is 15.2 Å². The molecule has 0 heterocycles. The molecule has 0 bridgehead atoms. The number of aryl methyl sites for hydroxylation is 1. The van der Waals surface area contributed by atoms with Gasteiger partial charge < -0.3 is 9.84 Å². The quantitative estimate of drug-likeness (QED) is 0.312. The van der Waals surface area contributed by atoms with Crippen LogP contribution < -0.4 is 4.74 Å². The van der Waals surface area contributed by atoms with E-state index in [-0.39, 0.29) is 17.7 Å². The first kappa shape index (κ1) is 16.9. The highest BCUT2D eigenvalue weighted by Crippen LogP contribution is 2.18. The van der Waals surface area contributed by atoms with E-state index in [0.717, 1.165) is 5.56 Å². The summed E-state index contributed by atoms with van der Waals surface area (Å²) in [5.41, 5.74) is 1.30. The van der Waals surface area contributed by atoms with Crippen molar-refractivity contribution < 1.29 is 29.9 Å². The molecule has 2 aromatic carbocycles. The fourth-order valence-corrected chi connectivity index (χ4v) is 1.96. The molecule has 0 spiro atoms. The number of hydrogen-bond acceptors (Lipinski definition) is 7. The van der Waals surface area contributed by atoms with Crippen LogP contribution in [0.25, 0.3) is 0 Å². The predicted molar refractivity (Wildman–Crippen MR) is 79.2 cm³/mol. The van der Waals surface area contributed by atoms with Crippen LogP contribution in [0.2, 0.25) is 0 Å². The molecule has 7 heteroatoms. The Morgan fingerprint density at radius 2 is 1.83 bits per heavy atom. The van der Waals surface area contributed by atoms with Crippen LogP contribution in [0.5, 0.6) is 11.5 Å². The summed E-state index contributed by atoms with van der Waals surface area (Å²) in [7, 11) is 0. The molecule has 122 valence electrons. The lowest BCUT2D eigenvalue weighted by molar-refractivity contribution is -0.492. The van der Waals surface area contributed by atoms with Gasteiger partial charge in [-0.25, -0.2) is 4.79 Å². The molecule has 0 unspecified atom stereocenters. The number of carbonyl (C=O) groups excluding carboxylic acids is 1. The Labute approximate surface area is 132 Å². The van der Waals surface area contributed by atoms with E-state index in [1.54, 1.807) is 18.2 Å². The largest absolute Gasteiger partial charge is 0.508 e. The smallest absolute Gasteiger partial charge is 0.343 e. The second-order valence-corrected chi connectivity index (χ2v) is 4.77. The first-order chi connectivity index (χ1) is 11.0. The molecule has 23 heavy (non-hydrogen) atoms. The second-order valence-electron chi connectivity index (χ2n) is 4.77. The molecule has 7 nitrogen and oxygen atoms in total. The monoisotopic (exact) mass is 319 g/mol. The molecule has 0 saturated heterocycles. The molecular formula is C16H17NO6. The second kappa shape index (κ2) is 8.25. The summed E-state index contributed by atoms with van der Waals surface area (Å²) in [6.45, 7) is 0.134. The van der Waals surface area contributed by atoms with Gasteiger partial charge in [-0.3, -0.25) is 15.3 Å². The molecule has 2 aromatic rings. The van der Waals surface area contributed by atoms with Crippen molar-refractivity contribution in [3.63, 3.8) is 0 Å². The number of benzene rings is 2. The maximum Gasteiger partial charge on any atom is 0.343 e. The Bertz CT molecular complexity index is 641. The lowest BCUT2D eigenvalue weighted by Crippen LogP contribution is -2.15. The van der Waals surface area contributed by atoms with Crippen molar-refractivity contribution in [3.8, 4) is 11.5 Å². The third-order valence-electron chi connectivity index (χ3n) is 3.03. The van der Waals surface area contributed by atoms with E-state index in [0.29, 0.717) is 24.2 Å². The average Bonchev–Trinajstić information content (AvgIpc) is 2.54. The lowest BCUT2D eigenvalue weighted by atomic mass is 10.1. The van der Waals surface area contributed by atoms with E-state index < -0.39 is 5.97 Å². The number of carbonyl (C=O) groups is 1. The average molecular weight is 319 g/mol. The van der Waals surface area contributed by atoms with Crippen molar-refractivity contribution in [3.05, 3.63) is 59.7 Å². The van der Waals surface area contributed by atoms with Crippen LogP contribution in [0.15, 0.2) is 48.5 Å². The van der Waals surface area contributed by atoms with Crippen LogP contribution in [-0.2, 0) is 11.3 Å². The zero-order valence-corrected chi connectivity index (χ0v) is 12.3. The van der Waals surface area contributed by atoms with Crippen molar-refractivity contribution in [2.75, 3.05) is 6.61 Å². The Kier molecular flexibility index (Phi) is 6.07. The molecule has 2 rings (SSSR count). The zero-order chi connectivity index (χ0) is 16.7. The Balaban J connectivity index is 1.92. The van der Waals surface area contributed by atoms with Crippen LogP contribution in [-0.4, -0.2) is 33.5 Å². The van der Waals surface area contributed by atoms with Crippen molar-refractivity contribution >= 4 is 5.97 Å². The van der Waals surface area contributed by atoms with Crippen LogP contribution >= 0.6 is 0 Å². The number of phenolic OH excluding ortho intramolecular Hbond substituents is 1. The standard InChI is InChI=1S/C16H17NO6/c18-14-6-8-15(9-7-14)23-16(19)13-5-1-3-12(11-13)4-2-10-22-17(20)21/h1,3,5-9,11,18,20-21H,2,4,10H2. The van der Waals surface area contributed by atoms with Crippen molar-refractivity contribution in [1.82, 2.24) is 5.39 Å². The van der Waals surface area contributed by atoms with Gasteiger partial charge in [0.1, 0.15) is 11.5 Å². The fourth-order valence-electron chi connectivity index (χ4n) is 1.96. The lowest BCUT2D eigenvalue weighted by Gasteiger charge is -2.08. The summed E-state index contributed by atoms with van der Waals surface area (Å²) in [4.78, 5) is 16.6. The highest BCUT2D eigenvalue weighted by Gasteiger charge is 2.09. The topological polar surface area (TPSA) is 99.5 Å². The van der Waals surface area contributed by atoms with E-state index >= 15 is 0 Å². The third-order valence-corrected chi connectivity index (χ3v) is 3.03. The van der Waals surface area contributed by atoms with E-state index in [1.807, 2.05) is 6.07 Å². The molecule has 0 amide bonds.